The van der Waals surface area contributed by atoms with Gasteiger partial charge in [-0.05, 0) is 54.4 Å². The minimum atomic E-state index is -1.17. The lowest BCUT2D eigenvalue weighted by molar-refractivity contribution is -0.134. The van der Waals surface area contributed by atoms with E-state index in [1.165, 1.54) is 0 Å². The molecule has 2 amide bonds. The van der Waals surface area contributed by atoms with Gasteiger partial charge in [-0.2, -0.15) is 0 Å². The predicted molar refractivity (Wildman–Crippen MR) is 77.0 cm³/mol. The van der Waals surface area contributed by atoms with E-state index in [1.54, 1.807) is 20.8 Å². The van der Waals surface area contributed by atoms with Crippen LogP contribution < -0.4 is 11.1 Å². The molecular formula is C14H27N3O3. The van der Waals surface area contributed by atoms with Crippen molar-refractivity contribution in [2.45, 2.75) is 71.2 Å². The van der Waals surface area contributed by atoms with Crippen LogP contribution in [-0.2, 0) is 9.53 Å². The molecule has 1 rings (SSSR count). The topological polar surface area (TPSA) is 84.7 Å². The van der Waals surface area contributed by atoms with Crippen LogP contribution in [0.3, 0.4) is 0 Å². The molecule has 0 spiro atoms. The van der Waals surface area contributed by atoms with E-state index in [0.29, 0.717) is 13.0 Å². The van der Waals surface area contributed by atoms with Gasteiger partial charge in [0.05, 0.1) is 0 Å². The van der Waals surface area contributed by atoms with Crippen molar-refractivity contribution in [1.29, 1.82) is 0 Å². The monoisotopic (exact) mass is 285 g/mol. The molecule has 0 bridgehead atoms. The summed E-state index contributed by atoms with van der Waals surface area (Å²) >= 11 is 0. The van der Waals surface area contributed by atoms with Gasteiger partial charge in [-0.25, -0.2) is 4.79 Å². The Labute approximate surface area is 121 Å². The molecule has 0 unspecified atom stereocenters. The van der Waals surface area contributed by atoms with Crippen LogP contribution >= 0.6 is 0 Å². The first-order valence-corrected chi connectivity index (χ1v) is 6.97. The smallest absolute Gasteiger partial charge is 0.409 e. The summed E-state index contributed by atoms with van der Waals surface area (Å²) in [4.78, 5) is 26.0. The van der Waals surface area contributed by atoms with Crippen molar-refractivity contribution < 1.29 is 14.3 Å². The summed E-state index contributed by atoms with van der Waals surface area (Å²) in [6, 6.07) is 0. The zero-order chi connectivity index (χ0) is 15.8. The molecule has 0 aromatic carbocycles. The fraction of sp³-hybridized carbons (Fsp3) is 0.857. The van der Waals surface area contributed by atoms with E-state index in [2.05, 4.69) is 5.32 Å². The van der Waals surface area contributed by atoms with Crippen molar-refractivity contribution in [3.05, 3.63) is 0 Å². The fourth-order valence-electron chi connectivity index (χ4n) is 2.65. The SMILES string of the molecule is CC(C)(C)OC(=O)N[C@]1(C(N)=O)CCCN1C(C)(C)C. The summed E-state index contributed by atoms with van der Waals surface area (Å²) < 4.78 is 5.25. The van der Waals surface area contributed by atoms with E-state index in [-0.39, 0.29) is 5.54 Å². The second-order valence-electron chi connectivity index (χ2n) is 7.28. The molecule has 1 saturated heterocycles. The highest BCUT2D eigenvalue weighted by Crippen LogP contribution is 2.33. The Morgan fingerprint density at radius 1 is 1.20 bits per heavy atom. The second kappa shape index (κ2) is 5.24. The lowest BCUT2D eigenvalue weighted by Crippen LogP contribution is -2.69. The summed E-state index contributed by atoms with van der Waals surface area (Å²) in [7, 11) is 0. The highest BCUT2D eigenvalue weighted by atomic mass is 16.6. The van der Waals surface area contributed by atoms with Crippen molar-refractivity contribution in [2.24, 2.45) is 5.73 Å². The first-order chi connectivity index (χ1) is 8.88. The van der Waals surface area contributed by atoms with Crippen molar-refractivity contribution in [1.82, 2.24) is 10.2 Å². The summed E-state index contributed by atoms with van der Waals surface area (Å²) in [6.07, 6.45) is 0.682. The number of amides is 2. The maximum atomic E-state index is 12.0. The van der Waals surface area contributed by atoms with Gasteiger partial charge in [0.2, 0.25) is 0 Å². The van der Waals surface area contributed by atoms with Crippen LogP contribution in [0.5, 0.6) is 0 Å². The minimum absolute atomic E-state index is 0.277. The van der Waals surface area contributed by atoms with Gasteiger partial charge in [0.15, 0.2) is 5.66 Å². The molecule has 0 aromatic rings. The van der Waals surface area contributed by atoms with Gasteiger partial charge in [0.1, 0.15) is 5.60 Å². The van der Waals surface area contributed by atoms with E-state index in [0.717, 1.165) is 6.42 Å². The Kier molecular flexibility index (Phi) is 4.39. The first kappa shape index (κ1) is 16.8. The van der Waals surface area contributed by atoms with Crippen molar-refractivity contribution in [3.63, 3.8) is 0 Å². The molecule has 1 fully saturated rings. The quantitative estimate of drug-likeness (QED) is 0.807. The highest BCUT2D eigenvalue weighted by Gasteiger charge is 2.51. The molecule has 20 heavy (non-hydrogen) atoms. The number of hydrogen-bond acceptors (Lipinski definition) is 4. The van der Waals surface area contributed by atoms with Gasteiger partial charge in [-0.15, -0.1) is 0 Å². The van der Waals surface area contributed by atoms with Crippen molar-refractivity contribution >= 4 is 12.0 Å². The van der Waals surface area contributed by atoms with Crippen LogP contribution in [0.25, 0.3) is 0 Å². The van der Waals surface area contributed by atoms with Crippen molar-refractivity contribution in [3.8, 4) is 0 Å². The van der Waals surface area contributed by atoms with Gasteiger partial charge < -0.3 is 10.5 Å². The molecule has 0 saturated carbocycles. The zero-order valence-corrected chi connectivity index (χ0v) is 13.4. The third-order valence-electron chi connectivity index (χ3n) is 3.31. The lowest BCUT2D eigenvalue weighted by Gasteiger charge is -2.44. The summed E-state index contributed by atoms with van der Waals surface area (Å²) in [5.74, 6) is -0.546. The van der Waals surface area contributed by atoms with E-state index < -0.39 is 23.3 Å². The Morgan fingerprint density at radius 3 is 2.15 bits per heavy atom. The lowest BCUT2D eigenvalue weighted by atomic mass is 9.99. The van der Waals surface area contributed by atoms with Gasteiger partial charge in [-0.1, -0.05) is 0 Å². The molecule has 0 radical (unpaired) electrons. The molecule has 6 nitrogen and oxygen atoms in total. The number of carbonyl (C=O) groups is 2. The number of ether oxygens (including phenoxy) is 1. The third-order valence-corrected chi connectivity index (χ3v) is 3.31. The number of primary amides is 1. The average Bonchev–Trinajstić information content (AvgIpc) is 2.58. The molecule has 6 heteroatoms. The highest BCUT2D eigenvalue weighted by molar-refractivity contribution is 5.88. The number of carbonyl (C=O) groups excluding carboxylic acids is 2. The number of nitrogens with zero attached hydrogens (tertiary/aromatic N) is 1. The van der Waals surface area contributed by atoms with Crippen LogP contribution in [0.2, 0.25) is 0 Å². The molecule has 1 atom stereocenters. The first-order valence-electron chi connectivity index (χ1n) is 6.97. The summed E-state index contributed by atoms with van der Waals surface area (Å²) in [5, 5.41) is 2.70. The Bertz CT molecular complexity index is 395. The maximum absolute atomic E-state index is 12.0. The molecule has 1 aliphatic rings. The van der Waals surface area contributed by atoms with Crippen LogP contribution in [0.1, 0.15) is 54.4 Å². The molecule has 0 aliphatic carbocycles. The maximum Gasteiger partial charge on any atom is 0.409 e. The molecule has 116 valence electrons. The molecule has 1 aliphatic heterocycles. The van der Waals surface area contributed by atoms with E-state index in [1.807, 2.05) is 25.7 Å². The van der Waals surface area contributed by atoms with Gasteiger partial charge in [0.25, 0.3) is 5.91 Å². The molecular weight excluding hydrogens is 258 g/mol. The van der Waals surface area contributed by atoms with E-state index >= 15 is 0 Å². The number of rotatable bonds is 2. The summed E-state index contributed by atoms with van der Waals surface area (Å²) in [6.45, 7) is 12.0. The van der Waals surface area contributed by atoms with Crippen LogP contribution in [0.4, 0.5) is 4.79 Å². The third kappa shape index (κ3) is 3.62. The number of alkyl carbamates (subject to hydrolysis) is 1. The fourth-order valence-corrected chi connectivity index (χ4v) is 2.65. The number of nitrogens with two attached hydrogens (primary N) is 1. The van der Waals surface area contributed by atoms with Crippen LogP contribution in [-0.4, -0.2) is 40.2 Å². The van der Waals surface area contributed by atoms with Gasteiger partial charge in [-0.3, -0.25) is 15.0 Å². The second-order valence-corrected chi connectivity index (χ2v) is 7.28. The van der Waals surface area contributed by atoms with Crippen LogP contribution in [0.15, 0.2) is 0 Å². The standard InChI is InChI=1S/C14H27N3O3/c1-12(2,3)17-9-7-8-14(17,10(15)18)16-11(19)20-13(4,5)6/h7-9H2,1-6H3,(H2,15,18)(H,16,19)/t14-/m1/s1. The Morgan fingerprint density at radius 2 is 1.75 bits per heavy atom. The average molecular weight is 285 g/mol. The number of hydrogen-bond donors (Lipinski definition) is 2. The van der Waals surface area contributed by atoms with Gasteiger partial charge in [0, 0.05) is 12.1 Å². The van der Waals surface area contributed by atoms with E-state index in [9.17, 15) is 9.59 Å². The largest absolute Gasteiger partial charge is 0.444 e. The molecule has 1 heterocycles. The molecule has 0 aromatic heterocycles. The predicted octanol–water partition coefficient (Wildman–Crippen LogP) is 1.59. The van der Waals surface area contributed by atoms with E-state index in [4.69, 9.17) is 10.5 Å². The number of likely N-dealkylation sites (tertiary alicyclic amines) is 1. The Balaban J connectivity index is 2.99. The van der Waals surface area contributed by atoms with Crippen molar-refractivity contribution in [2.75, 3.05) is 6.54 Å². The summed E-state index contributed by atoms with van der Waals surface area (Å²) in [5.41, 5.74) is 3.52. The van der Waals surface area contributed by atoms with Gasteiger partial charge >= 0.3 is 6.09 Å². The number of nitrogens with one attached hydrogen (secondary N) is 1. The normalized spacial score (nSPS) is 24.5. The Hall–Kier alpha value is -1.30. The zero-order valence-electron chi connectivity index (χ0n) is 13.4. The van der Waals surface area contributed by atoms with Crippen LogP contribution in [0, 0.1) is 0 Å². The minimum Gasteiger partial charge on any atom is -0.444 e. The molecule has 3 N–H and O–H groups in total.